The lowest BCUT2D eigenvalue weighted by Crippen LogP contribution is -2.46. The van der Waals surface area contributed by atoms with E-state index in [1.165, 1.54) is 0 Å². The molecule has 122 valence electrons. The third-order valence-corrected chi connectivity index (χ3v) is 4.29. The third-order valence-electron chi connectivity index (χ3n) is 4.29. The molecule has 4 heteroatoms. The second kappa shape index (κ2) is 7.14. The zero-order chi connectivity index (χ0) is 16.3. The highest BCUT2D eigenvalue weighted by Crippen LogP contribution is 2.37. The molecule has 1 heterocycles. The summed E-state index contributed by atoms with van der Waals surface area (Å²) < 4.78 is 5.87. The normalized spacial score (nSPS) is 19.1. The number of hydrogen-bond acceptors (Lipinski definition) is 3. The maximum Gasteiger partial charge on any atom is 0.268 e. The van der Waals surface area contributed by atoms with Crippen molar-refractivity contribution < 1.29 is 9.53 Å². The van der Waals surface area contributed by atoms with E-state index < -0.39 is 0 Å². The molecule has 2 rings (SSSR count). The molecule has 0 spiro atoms. The number of carbonyl (C=O) groups excluding carboxylic acids is 1. The molecule has 2 N–H and O–H groups in total. The monoisotopic (exact) mass is 304 g/mol. The summed E-state index contributed by atoms with van der Waals surface area (Å²) in [5, 5.41) is 0. The summed E-state index contributed by atoms with van der Waals surface area (Å²) in [7, 11) is 0. The van der Waals surface area contributed by atoms with Gasteiger partial charge in [-0.1, -0.05) is 40.2 Å². The minimum atomic E-state index is -0.367. The first-order valence-corrected chi connectivity index (χ1v) is 8.37. The summed E-state index contributed by atoms with van der Waals surface area (Å²) >= 11 is 0. The number of rotatable bonds is 6. The second-order valence-corrected chi connectivity index (χ2v) is 6.36. The first kappa shape index (κ1) is 16.8. The fraction of sp³-hybridized carbons (Fsp3) is 0.611. The van der Waals surface area contributed by atoms with E-state index in [0.717, 1.165) is 36.4 Å². The molecule has 1 aliphatic heterocycles. The molecule has 0 bridgehead atoms. The average molecular weight is 304 g/mol. The number of hydrogen-bond donors (Lipinski definition) is 1. The lowest BCUT2D eigenvalue weighted by molar-refractivity contribution is -0.126. The molecule has 22 heavy (non-hydrogen) atoms. The Labute approximate surface area is 133 Å². The quantitative estimate of drug-likeness (QED) is 0.873. The van der Waals surface area contributed by atoms with Crippen molar-refractivity contribution in [3.63, 3.8) is 0 Å². The van der Waals surface area contributed by atoms with Crippen molar-refractivity contribution >= 4 is 11.6 Å². The highest BCUT2D eigenvalue weighted by atomic mass is 16.5. The molecule has 0 aliphatic carbocycles. The Morgan fingerprint density at radius 2 is 2.05 bits per heavy atom. The molecule has 1 amide bonds. The van der Waals surface area contributed by atoms with Crippen LogP contribution in [0.3, 0.4) is 0 Å². The van der Waals surface area contributed by atoms with Crippen molar-refractivity contribution in [2.45, 2.75) is 59.1 Å². The van der Waals surface area contributed by atoms with Crippen molar-refractivity contribution in [1.82, 2.24) is 0 Å². The van der Waals surface area contributed by atoms with Gasteiger partial charge in [0.05, 0.1) is 5.69 Å². The molecule has 2 unspecified atom stereocenters. The SMILES string of the molecule is CCCCN1C(=O)C(CC)Oc2ccc(C(N)C(C)C)cc21. The van der Waals surface area contributed by atoms with Gasteiger partial charge >= 0.3 is 0 Å². The lowest BCUT2D eigenvalue weighted by atomic mass is 9.95. The molecule has 2 atom stereocenters. The van der Waals surface area contributed by atoms with Crippen LogP contribution in [-0.2, 0) is 4.79 Å². The Morgan fingerprint density at radius 1 is 1.32 bits per heavy atom. The van der Waals surface area contributed by atoms with Crippen molar-refractivity contribution in [3.05, 3.63) is 23.8 Å². The summed E-state index contributed by atoms with van der Waals surface area (Å²) in [6.07, 6.45) is 2.37. The van der Waals surface area contributed by atoms with Crippen molar-refractivity contribution in [1.29, 1.82) is 0 Å². The predicted molar refractivity (Wildman–Crippen MR) is 90.2 cm³/mol. The minimum Gasteiger partial charge on any atom is -0.478 e. The fourth-order valence-electron chi connectivity index (χ4n) is 2.74. The summed E-state index contributed by atoms with van der Waals surface area (Å²) in [6, 6.07) is 5.97. The van der Waals surface area contributed by atoms with Crippen LogP contribution in [-0.4, -0.2) is 18.6 Å². The Balaban J connectivity index is 2.39. The number of amides is 1. The van der Waals surface area contributed by atoms with Gasteiger partial charge in [0, 0.05) is 12.6 Å². The number of unbranched alkanes of at least 4 members (excludes halogenated alkanes) is 1. The Kier molecular flexibility index (Phi) is 5.46. The molecular formula is C18H28N2O2. The zero-order valence-corrected chi connectivity index (χ0v) is 14.1. The van der Waals surface area contributed by atoms with Crippen molar-refractivity contribution in [3.8, 4) is 5.75 Å². The van der Waals surface area contributed by atoms with Crippen LogP contribution in [0.5, 0.6) is 5.75 Å². The molecule has 1 aromatic rings. The van der Waals surface area contributed by atoms with Gasteiger partial charge in [-0.05, 0) is 36.5 Å². The molecule has 0 radical (unpaired) electrons. The number of fused-ring (bicyclic) bond motifs is 1. The molecular weight excluding hydrogens is 276 g/mol. The molecule has 4 nitrogen and oxygen atoms in total. The maximum absolute atomic E-state index is 12.6. The van der Waals surface area contributed by atoms with Crippen LogP contribution in [0.25, 0.3) is 0 Å². The predicted octanol–water partition coefficient (Wildman–Crippen LogP) is 3.65. The Hall–Kier alpha value is -1.55. The number of nitrogens with two attached hydrogens (primary N) is 1. The Bertz CT molecular complexity index is 528. The van der Waals surface area contributed by atoms with E-state index in [1.54, 1.807) is 0 Å². The van der Waals surface area contributed by atoms with Crippen LogP contribution in [0.4, 0.5) is 5.69 Å². The highest BCUT2D eigenvalue weighted by molar-refractivity contribution is 6.00. The van der Waals surface area contributed by atoms with Crippen molar-refractivity contribution in [2.75, 3.05) is 11.4 Å². The smallest absolute Gasteiger partial charge is 0.268 e. The van der Waals surface area contributed by atoms with Gasteiger partial charge in [0.2, 0.25) is 0 Å². The van der Waals surface area contributed by atoms with Crippen LogP contribution < -0.4 is 15.4 Å². The summed E-state index contributed by atoms with van der Waals surface area (Å²) in [4.78, 5) is 14.5. The first-order valence-electron chi connectivity index (χ1n) is 8.37. The van der Waals surface area contributed by atoms with Gasteiger partial charge in [-0.2, -0.15) is 0 Å². The van der Waals surface area contributed by atoms with Gasteiger partial charge in [-0.3, -0.25) is 4.79 Å². The lowest BCUT2D eigenvalue weighted by Gasteiger charge is -2.35. The van der Waals surface area contributed by atoms with E-state index in [4.69, 9.17) is 10.5 Å². The number of carbonyl (C=O) groups is 1. The number of anilines is 1. The Morgan fingerprint density at radius 3 is 2.64 bits per heavy atom. The number of nitrogens with zero attached hydrogens (tertiary/aromatic N) is 1. The van der Waals surface area contributed by atoms with Crippen LogP contribution in [0.1, 0.15) is 58.6 Å². The minimum absolute atomic E-state index is 0.0303. The summed E-state index contributed by atoms with van der Waals surface area (Å²) in [5.41, 5.74) is 8.19. The molecule has 1 aliphatic rings. The van der Waals surface area contributed by atoms with Gasteiger partial charge in [0.1, 0.15) is 5.75 Å². The van der Waals surface area contributed by atoms with Crippen molar-refractivity contribution in [2.24, 2.45) is 11.7 Å². The van der Waals surface area contributed by atoms with E-state index in [2.05, 4.69) is 20.8 Å². The summed E-state index contributed by atoms with van der Waals surface area (Å²) in [5.74, 6) is 1.21. The topological polar surface area (TPSA) is 55.6 Å². The third kappa shape index (κ3) is 3.27. The molecule has 1 aromatic carbocycles. The number of benzene rings is 1. The van der Waals surface area contributed by atoms with E-state index in [0.29, 0.717) is 12.3 Å². The van der Waals surface area contributed by atoms with Crippen LogP contribution >= 0.6 is 0 Å². The van der Waals surface area contributed by atoms with Crippen LogP contribution in [0.15, 0.2) is 18.2 Å². The van der Waals surface area contributed by atoms with E-state index in [9.17, 15) is 4.79 Å². The molecule has 0 aromatic heterocycles. The van der Waals surface area contributed by atoms with Gasteiger partial charge in [-0.15, -0.1) is 0 Å². The van der Waals surface area contributed by atoms with E-state index >= 15 is 0 Å². The van der Waals surface area contributed by atoms with Gasteiger partial charge in [0.25, 0.3) is 5.91 Å². The van der Waals surface area contributed by atoms with Crippen LogP contribution in [0.2, 0.25) is 0 Å². The van der Waals surface area contributed by atoms with E-state index in [1.807, 2.05) is 30.0 Å². The van der Waals surface area contributed by atoms with Gasteiger partial charge in [0.15, 0.2) is 6.10 Å². The highest BCUT2D eigenvalue weighted by Gasteiger charge is 2.33. The molecule has 0 saturated heterocycles. The number of ether oxygens (including phenoxy) is 1. The fourth-order valence-corrected chi connectivity index (χ4v) is 2.74. The van der Waals surface area contributed by atoms with Crippen LogP contribution in [0, 0.1) is 5.92 Å². The van der Waals surface area contributed by atoms with Gasteiger partial charge < -0.3 is 15.4 Å². The zero-order valence-electron chi connectivity index (χ0n) is 14.1. The molecule has 0 fully saturated rings. The maximum atomic E-state index is 12.6. The second-order valence-electron chi connectivity index (χ2n) is 6.36. The summed E-state index contributed by atoms with van der Waals surface area (Å²) in [6.45, 7) is 9.06. The molecule has 0 saturated carbocycles. The first-order chi connectivity index (χ1) is 10.5. The largest absolute Gasteiger partial charge is 0.478 e. The van der Waals surface area contributed by atoms with Gasteiger partial charge in [-0.25, -0.2) is 0 Å². The average Bonchev–Trinajstić information content (AvgIpc) is 2.52. The standard InChI is InChI=1S/C18H28N2O2/c1-5-7-10-20-14-11-13(17(19)12(3)4)8-9-16(14)22-15(6-2)18(20)21/h8-9,11-12,15,17H,5-7,10,19H2,1-4H3. The van der Waals surface area contributed by atoms with E-state index in [-0.39, 0.29) is 18.1 Å².